The molecule has 2 rings (SSSR count). The summed E-state index contributed by atoms with van der Waals surface area (Å²) in [5.41, 5.74) is 2.09. The zero-order valence-electron chi connectivity index (χ0n) is 12.5. The average molecular weight is 284 g/mol. The van der Waals surface area contributed by atoms with E-state index >= 15 is 0 Å². The fourth-order valence-corrected chi connectivity index (χ4v) is 2.11. The second kappa shape index (κ2) is 7.43. The van der Waals surface area contributed by atoms with Crippen LogP contribution in [0.15, 0.2) is 48.8 Å². The van der Waals surface area contributed by atoms with Crippen molar-refractivity contribution in [2.45, 2.75) is 19.9 Å². The molecule has 1 heterocycles. The molecule has 0 saturated carbocycles. The molecule has 1 aromatic heterocycles. The number of pyridine rings is 1. The molecule has 0 radical (unpaired) electrons. The second-order valence-corrected chi connectivity index (χ2v) is 4.79. The molecule has 0 aliphatic rings. The summed E-state index contributed by atoms with van der Waals surface area (Å²) in [4.78, 5) is 18.2. The largest absolute Gasteiger partial charge is 0.497 e. The lowest BCUT2D eigenvalue weighted by Gasteiger charge is -2.21. The predicted octanol–water partition coefficient (Wildman–Crippen LogP) is 2.68. The molecule has 0 unspecified atom stereocenters. The van der Waals surface area contributed by atoms with Crippen LogP contribution in [-0.2, 0) is 17.8 Å². The number of carbonyl (C=O) groups excluding carboxylic acids is 1. The number of ether oxygens (including phenoxy) is 1. The van der Waals surface area contributed by atoms with Crippen LogP contribution in [0.3, 0.4) is 0 Å². The number of likely N-dealkylation sites (N-methyl/N-ethyl adjacent to an activating group) is 1. The predicted molar refractivity (Wildman–Crippen MR) is 82.0 cm³/mol. The minimum atomic E-state index is 0.125. The summed E-state index contributed by atoms with van der Waals surface area (Å²) in [5.74, 6) is 0.926. The van der Waals surface area contributed by atoms with Crippen molar-refractivity contribution in [1.29, 1.82) is 0 Å². The van der Waals surface area contributed by atoms with Gasteiger partial charge in [0.25, 0.3) is 0 Å². The van der Waals surface area contributed by atoms with E-state index in [2.05, 4.69) is 4.98 Å². The van der Waals surface area contributed by atoms with Gasteiger partial charge in [-0.05, 0) is 42.3 Å². The molecule has 0 fully saturated rings. The maximum atomic E-state index is 12.4. The monoisotopic (exact) mass is 284 g/mol. The third-order valence-electron chi connectivity index (χ3n) is 3.37. The second-order valence-electron chi connectivity index (χ2n) is 4.79. The van der Waals surface area contributed by atoms with Crippen LogP contribution in [0.2, 0.25) is 0 Å². The van der Waals surface area contributed by atoms with Crippen LogP contribution < -0.4 is 4.74 Å². The molecule has 0 N–H and O–H groups in total. The van der Waals surface area contributed by atoms with Crippen molar-refractivity contribution in [2.24, 2.45) is 0 Å². The van der Waals surface area contributed by atoms with E-state index in [0.717, 1.165) is 16.9 Å². The van der Waals surface area contributed by atoms with Crippen molar-refractivity contribution in [3.63, 3.8) is 0 Å². The average Bonchev–Trinajstić information content (AvgIpc) is 2.54. The first-order valence-corrected chi connectivity index (χ1v) is 7.02. The molecule has 0 saturated heterocycles. The maximum absolute atomic E-state index is 12.4. The third-order valence-corrected chi connectivity index (χ3v) is 3.37. The zero-order chi connectivity index (χ0) is 15.1. The van der Waals surface area contributed by atoms with Gasteiger partial charge in [-0.2, -0.15) is 0 Å². The van der Waals surface area contributed by atoms with Gasteiger partial charge in [0, 0.05) is 25.5 Å². The third kappa shape index (κ3) is 4.31. The van der Waals surface area contributed by atoms with Gasteiger partial charge >= 0.3 is 0 Å². The number of nitrogens with zero attached hydrogens (tertiary/aromatic N) is 2. The number of aromatic nitrogens is 1. The van der Waals surface area contributed by atoms with Crippen LogP contribution in [-0.4, -0.2) is 29.4 Å². The van der Waals surface area contributed by atoms with Crippen molar-refractivity contribution in [2.75, 3.05) is 13.7 Å². The molecule has 0 aliphatic carbocycles. The molecule has 2 aromatic rings. The van der Waals surface area contributed by atoms with E-state index in [0.29, 0.717) is 19.5 Å². The van der Waals surface area contributed by atoms with E-state index in [1.54, 1.807) is 19.5 Å². The molecular weight excluding hydrogens is 264 g/mol. The fraction of sp³-hybridized carbons (Fsp3) is 0.294. The number of methoxy groups -OCH3 is 1. The number of amides is 1. The lowest BCUT2D eigenvalue weighted by Crippen LogP contribution is -2.31. The van der Waals surface area contributed by atoms with Crippen molar-refractivity contribution in [3.05, 3.63) is 59.9 Å². The highest BCUT2D eigenvalue weighted by Gasteiger charge is 2.12. The first-order chi connectivity index (χ1) is 10.2. The van der Waals surface area contributed by atoms with Gasteiger partial charge in [-0.1, -0.05) is 12.1 Å². The Morgan fingerprint density at radius 2 is 1.76 bits per heavy atom. The molecule has 0 aliphatic heterocycles. The molecule has 110 valence electrons. The van der Waals surface area contributed by atoms with Crippen LogP contribution in [0.25, 0.3) is 0 Å². The van der Waals surface area contributed by atoms with Gasteiger partial charge in [0.2, 0.25) is 5.91 Å². The van der Waals surface area contributed by atoms with Gasteiger partial charge in [-0.3, -0.25) is 9.78 Å². The summed E-state index contributed by atoms with van der Waals surface area (Å²) >= 11 is 0. The Labute approximate surface area is 125 Å². The molecular formula is C17H20N2O2. The molecule has 1 amide bonds. The first-order valence-electron chi connectivity index (χ1n) is 7.02. The number of hydrogen-bond acceptors (Lipinski definition) is 3. The van der Waals surface area contributed by atoms with E-state index in [4.69, 9.17) is 4.74 Å². The molecule has 0 bridgehead atoms. The van der Waals surface area contributed by atoms with Crippen LogP contribution in [0.5, 0.6) is 5.75 Å². The Balaban J connectivity index is 1.99. The van der Waals surface area contributed by atoms with Gasteiger partial charge in [-0.25, -0.2) is 0 Å². The van der Waals surface area contributed by atoms with E-state index < -0.39 is 0 Å². The minimum Gasteiger partial charge on any atom is -0.497 e. The normalized spacial score (nSPS) is 10.2. The molecule has 0 atom stereocenters. The van der Waals surface area contributed by atoms with E-state index in [9.17, 15) is 4.79 Å². The SMILES string of the molecule is CCN(Cc1ccncc1)C(=O)Cc1ccc(OC)cc1. The van der Waals surface area contributed by atoms with Crippen LogP contribution in [0.4, 0.5) is 0 Å². The summed E-state index contributed by atoms with van der Waals surface area (Å²) in [5, 5.41) is 0. The molecule has 4 nitrogen and oxygen atoms in total. The number of benzene rings is 1. The zero-order valence-corrected chi connectivity index (χ0v) is 12.5. The molecule has 1 aromatic carbocycles. The van der Waals surface area contributed by atoms with Gasteiger partial charge in [0.1, 0.15) is 5.75 Å². The van der Waals surface area contributed by atoms with Crippen molar-refractivity contribution in [3.8, 4) is 5.75 Å². The summed E-state index contributed by atoms with van der Waals surface area (Å²) in [6.45, 7) is 3.30. The fourth-order valence-electron chi connectivity index (χ4n) is 2.11. The Bertz CT molecular complexity index is 567. The highest BCUT2D eigenvalue weighted by Crippen LogP contribution is 2.13. The van der Waals surface area contributed by atoms with Crippen LogP contribution >= 0.6 is 0 Å². The van der Waals surface area contributed by atoms with Crippen LogP contribution in [0.1, 0.15) is 18.1 Å². The summed E-state index contributed by atoms with van der Waals surface area (Å²) < 4.78 is 5.12. The van der Waals surface area contributed by atoms with Crippen LogP contribution in [0, 0.1) is 0 Å². The molecule has 4 heteroatoms. The van der Waals surface area contributed by atoms with Crippen molar-refractivity contribution >= 4 is 5.91 Å². The highest BCUT2D eigenvalue weighted by molar-refractivity contribution is 5.78. The lowest BCUT2D eigenvalue weighted by molar-refractivity contribution is -0.130. The lowest BCUT2D eigenvalue weighted by atomic mass is 10.1. The summed E-state index contributed by atoms with van der Waals surface area (Å²) in [6.07, 6.45) is 3.90. The molecule has 21 heavy (non-hydrogen) atoms. The smallest absolute Gasteiger partial charge is 0.227 e. The highest BCUT2D eigenvalue weighted by atomic mass is 16.5. The van der Waals surface area contributed by atoms with E-state index in [1.165, 1.54) is 0 Å². The number of rotatable bonds is 6. The topological polar surface area (TPSA) is 42.4 Å². The van der Waals surface area contributed by atoms with Crippen molar-refractivity contribution in [1.82, 2.24) is 9.88 Å². The summed E-state index contributed by atoms with van der Waals surface area (Å²) in [6, 6.07) is 11.5. The van der Waals surface area contributed by atoms with Crippen molar-refractivity contribution < 1.29 is 9.53 Å². The van der Waals surface area contributed by atoms with Gasteiger partial charge in [0.15, 0.2) is 0 Å². The first kappa shape index (κ1) is 15.0. The standard InChI is InChI=1S/C17H20N2O2/c1-3-19(13-15-8-10-18-11-9-15)17(20)12-14-4-6-16(21-2)7-5-14/h4-11H,3,12-13H2,1-2H3. The molecule has 0 spiro atoms. The number of hydrogen-bond donors (Lipinski definition) is 0. The van der Waals surface area contributed by atoms with E-state index in [1.807, 2.05) is 48.2 Å². The van der Waals surface area contributed by atoms with E-state index in [-0.39, 0.29) is 5.91 Å². The quantitative estimate of drug-likeness (QED) is 0.819. The van der Waals surface area contributed by atoms with Gasteiger partial charge in [-0.15, -0.1) is 0 Å². The minimum absolute atomic E-state index is 0.125. The number of carbonyl (C=O) groups is 1. The van der Waals surface area contributed by atoms with Gasteiger partial charge < -0.3 is 9.64 Å². The van der Waals surface area contributed by atoms with Gasteiger partial charge in [0.05, 0.1) is 13.5 Å². The maximum Gasteiger partial charge on any atom is 0.227 e. The summed E-state index contributed by atoms with van der Waals surface area (Å²) in [7, 11) is 1.63. The Hall–Kier alpha value is -2.36. The Kier molecular flexibility index (Phi) is 5.32. The Morgan fingerprint density at radius 1 is 1.10 bits per heavy atom. The Morgan fingerprint density at radius 3 is 2.33 bits per heavy atom.